The molecule has 2 heterocycles. The molecule has 0 radical (unpaired) electrons. The summed E-state index contributed by atoms with van der Waals surface area (Å²) in [6.45, 7) is 6.85. The zero-order valence-electron chi connectivity index (χ0n) is 21.4. The maximum Gasteiger partial charge on any atom is 0.348 e. The molecule has 1 amide bonds. The van der Waals surface area contributed by atoms with Gasteiger partial charge in [0.2, 0.25) is 5.75 Å². The van der Waals surface area contributed by atoms with Crippen molar-refractivity contribution >= 4 is 34.2 Å². The second-order valence-electron chi connectivity index (χ2n) is 7.89. The molecule has 0 aliphatic rings. The molecule has 1 aromatic carbocycles. The summed E-state index contributed by atoms with van der Waals surface area (Å²) in [4.78, 5) is 38.3. The van der Waals surface area contributed by atoms with E-state index < -0.39 is 17.8 Å². The maximum absolute atomic E-state index is 13.0. The van der Waals surface area contributed by atoms with Gasteiger partial charge in [-0.05, 0) is 51.5 Å². The minimum absolute atomic E-state index is 0.0267. The van der Waals surface area contributed by atoms with E-state index in [-0.39, 0.29) is 40.6 Å². The quantitative estimate of drug-likeness (QED) is 0.360. The molecule has 2 aromatic heterocycles. The van der Waals surface area contributed by atoms with Crippen molar-refractivity contribution < 1.29 is 38.1 Å². The van der Waals surface area contributed by atoms with Gasteiger partial charge in [-0.15, -0.1) is 11.3 Å². The molecular formula is C25H29N3O8S. The molecule has 3 aromatic rings. The normalized spacial score (nSPS) is 10.7. The Morgan fingerprint density at radius 2 is 1.76 bits per heavy atom. The zero-order chi connectivity index (χ0) is 27.1. The molecule has 3 rings (SSSR count). The predicted molar refractivity (Wildman–Crippen MR) is 136 cm³/mol. The number of amides is 1. The number of carbonyl (C=O) groups excluding carboxylic acids is 3. The lowest BCUT2D eigenvalue weighted by Gasteiger charge is -2.13. The maximum atomic E-state index is 13.0. The molecule has 0 bridgehead atoms. The van der Waals surface area contributed by atoms with Crippen LogP contribution in [0.5, 0.6) is 17.2 Å². The van der Waals surface area contributed by atoms with Crippen molar-refractivity contribution in [1.29, 1.82) is 0 Å². The monoisotopic (exact) mass is 531 g/mol. The third-order valence-corrected chi connectivity index (χ3v) is 6.17. The van der Waals surface area contributed by atoms with Gasteiger partial charge in [0.1, 0.15) is 9.88 Å². The lowest BCUT2D eigenvalue weighted by Crippen LogP contribution is -2.18. The van der Waals surface area contributed by atoms with Crippen molar-refractivity contribution in [3.05, 3.63) is 52.2 Å². The highest BCUT2D eigenvalue weighted by molar-refractivity contribution is 7.18. The number of anilines is 1. The van der Waals surface area contributed by atoms with Crippen LogP contribution in [-0.2, 0) is 16.2 Å². The Balaban J connectivity index is 1.80. The van der Waals surface area contributed by atoms with Crippen LogP contribution in [0.2, 0.25) is 0 Å². The SMILES string of the molecule is CCOC(=O)c1sc(NC(=O)c2ccn(COc3c(OC)cccc3OC)n2)c(C(=O)OC(C)C)c1C. The van der Waals surface area contributed by atoms with Crippen molar-refractivity contribution in [1.82, 2.24) is 9.78 Å². The first-order valence-corrected chi connectivity index (χ1v) is 12.2. The molecular weight excluding hydrogens is 502 g/mol. The Labute approximate surface area is 218 Å². The number of rotatable bonds is 11. The molecule has 0 aliphatic carbocycles. The standard InChI is InChI=1S/C25H29N3O8S/c1-7-34-25(31)21-15(4)19(24(30)36-14(2)3)23(37-21)26-22(29)16-11-12-28(27-16)13-35-20-17(32-5)9-8-10-18(20)33-6/h8-12,14H,7,13H2,1-6H3,(H,26,29). The van der Waals surface area contributed by atoms with Crippen LogP contribution in [0.4, 0.5) is 5.00 Å². The average molecular weight is 532 g/mol. The smallest absolute Gasteiger partial charge is 0.348 e. The van der Waals surface area contributed by atoms with Crippen molar-refractivity contribution in [2.24, 2.45) is 0 Å². The molecule has 0 fully saturated rings. The second kappa shape index (κ2) is 12.3. The third-order valence-electron chi connectivity index (χ3n) is 4.98. The summed E-state index contributed by atoms with van der Waals surface area (Å²) in [6, 6.07) is 6.73. The number of carbonyl (C=O) groups is 3. The van der Waals surface area contributed by atoms with Gasteiger partial charge in [0, 0.05) is 6.20 Å². The van der Waals surface area contributed by atoms with Gasteiger partial charge in [0.25, 0.3) is 5.91 Å². The van der Waals surface area contributed by atoms with Crippen molar-refractivity contribution in [3.8, 4) is 17.2 Å². The Morgan fingerprint density at radius 3 is 2.35 bits per heavy atom. The van der Waals surface area contributed by atoms with Crippen molar-refractivity contribution in [3.63, 3.8) is 0 Å². The number of thiophene rings is 1. The Bertz CT molecular complexity index is 1260. The fourth-order valence-corrected chi connectivity index (χ4v) is 4.41. The highest BCUT2D eigenvalue weighted by Gasteiger charge is 2.28. The number of aromatic nitrogens is 2. The molecule has 0 saturated heterocycles. The van der Waals surface area contributed by atoms with Crippen molar-refractivity contribution in [2.75, 3.05) is 26.1 Å². The molecule has 11 nitrogen and oxygen atoms in total. The van der Waals surface area contributed by atoms with E-state index in [1.165, 1.54) is 25.0 Å². The number of para-hydroxylation sites is 1. The molecule has 37 heavy (non-hydrogen) atoms. The molecule has 12 heteroatoms. The number of hydrogen-bond donors (Lipinski definition) is 1. The Hall–Kier alpha value is -4.06. The summed E-state index contributed by atoms with van der Waals surface area (Å²) in [7, 11) is 3.03. The lowest BCUT2D eigenvalue weighted by molar-refractivity contribution is 0.0379. The number of methoxy groups -OCH3 is 2. The van der Waals surface area contributed by atoms with Gasteiger partial charge in [-0.3, -0.25) is 4.79 Å². The zero-order valence-corrected chi connectivity index (χ0v) is 22.3. The van der Waals surface area contributed by atoms with Crippen LogP contribution in [-0.4, -0.2) is 54.6 Å². The molecule has 0 saturated carbocycles. The largest absolute Gasteiger partial charge is 0.493 e. The third kappa shape index (κ3) is 6.39. The molecule has 198 valence electrons. The summed E-state index contributed by atoms with van der Waals surface area (Å²) >= 11 is 0.941. The van der Waals surface area contributed by atoms with E-state index in [1.54, 1.807) is 52.1 Å². The molecule has 0 spiro atoms. The number of nitrogens with one attached hydrogen (secondary N) is 1. The first-order chi connectivity index (χ1) is 17.7. The second-order valence-corrected chi connectivity index (χ2v) is 8.92. The fraction of sp³-hybridized carbons (Fsp3) is 0.360. The lowest BCUT2D eigenvalue weighted by atomic mass is 10.1. The first-order valence-electron chi connectivity index (χ1n) is 11.4. The highest BCUT2D eigenvalue weighted by Crippen LogP contribution is 2.37. The first kappa shape index (κ1) is 27.5. The van der Waals surface area contributed by atoms with Gasteiger partial charge < -0.3 is 29.0 Å². The van der Waals surface area contributed by atoms with Crippen molar-refractivity contribution in [2.45, 2.75) is 40.5 Å². The van der Waals surface area contributed by atoms with Crippen LogP contribution in [0.3, 0.4) is 0 Å². The van der Waals surface area contributed by atoms with E-state index in [1.807, 2.05) is 0 Å². The topological polar surface area (TPSA) is 127 Å². The van der Waals surface area contributed by atoms with Gasteiger partial charge in [0.05, 0.1) is 32.5 Å². The number of hydrogen-bond acceptors (Lipinski definition) is 10. The van der Waals surface area contributed by atoms with Gasteiger partial charge in [-0.1, -0.05) is 6.07 Å². The van der Waals surface area contributed by atoms with Gasteiger partial charge in [-0.25, -0.2) is 14.3 Å². The highest BCUT2D eigenvalue weighted by atomic mass is 32.1. The van der Waals surface area contributed by atoms with E-state index in [4.69, 9.17) is 23.7 Å². The van der Waals surface area contributed by atoms with E-state index in [9.17, 15) is 14.4 Å². The van der Waals surface area contributed by atoms with E-state index in [0.29, 0.717) is 22.8 Å². The summed E-state index contributed by atoms with van der Waals surface area (Å²) in [5.74, 6) is -0.463. The number of esters is 2. The summed E-state index contributed by atoms with van der Waals surface area (Å²) in [6.07, 6.45) is 1.17. The minimum atomic E-state index is -0.653. The van der Waals surface area contributed by atoms with E-state index >= 15 is 0 Å². The molecule has 0 atom stereocenters. The van der Waals surface area contributed by atoms with Crippen LogP contribution in [0, 0.1) is 6.92 Å². The minimum Gasteiger partial charge on any atom is -0.493 e. The van der Waals surface area contributed by atoms with Gasteiger partial charge in [-0.2, -0.15) is 5.10 Å². The number of benzene rings is 1. The average Bonchev–Trinajstić information content (AvgIpc) is 3.46. The van der Waals surface area contributed by atoms with Crippen LogP contribution in [0.15, 0.2) is 30.5 Å². The summed E-state index contributed by atoms with van der Waals surface area (Å²) in [5.41, 5.74) is 0.540. The van der Waals surface area contributed by atoms with Crippen LogP contribution in [0.1, 0.15) is 56.9 Å². The van der Waals surface area contributed by atoms with E-state index in [0.717, 1.165) is 11.3 Å². The summed E-state index contributed by atoms with van der Waals surface area (Å²) < 4.78 is 28.3. The van der Waals surface area contributed by atoms with Crippen LogP contribution >= 0.6 is 11.3 Å². The fourth-order valence-electron chi connectivity index (χ4n) is 3.32. The van der Waals surface area contributed by atoms with Gasteiger partial charge in [0.15, 0.2) is 23.9 Å². The molecule has 0 unspecified atom stereocenters. The molecule has 1 N–H and O–H groups in total. The van der Waals surface area contributed by atoms with Gasteiger partial charge >= 0.3 is 11.9 Å². The van der Waals surface area contributed by atoms with Crippen LogP contribution in [0.25, 0.3) is 0 Å². The predicted octanol–water partition coefficient (Wildman–Crippen LogP) is 4.30. The number of nitrogens with zero attached hydrogens (tertiary/aromatic N) is 2. The number of ether oxygens (including phenoxy) is 5. The Morgan fingerprint density at radius 1 is 1.08 bits per heavy atom. The van der Waals surface area contributed by atoms with Crippen LogP contribution < -0.4 is 19.5 Å². The Kier molecular flexibility index (Phi) is 9.12. The van der Waals surface area contributed by atoms with E-state index in [2.05, 4.69) is 10.4 Å². The molecule has 0 aliphatic heterocycles. The summed E-state index contributed by atoms with van der Waals surface area (Å²) in [5, 5.41) is 7.09.